The molecule has 3 aromatic carbocycles. The highest BCUT2D eigenvalue weighted by Gasteiger charge is 2.18. The Morgan fingerprint density at radius 1 is 0.931 bits per heavy atom. The van der Waals surface area contributed by atoms with E-state index >= 15 is 0 Å². The number of fused-ring (bicyclic) bond motifs is 1. The Labute approximate surface area is 180 Å². The van der Waals surface area contributed by atoms with Gasteiger partial charge in [0.2, 0.25) is 0 Å². The molecule has 152 valence electrons. The molecule has 0 saturated heterocycles. The summed E-state index contributed by atoms with van der Waals surface area (Å²) in [5.74, 6) is 1.32. The van der Waals surface area contributed by atoms with Gasteiger partial charge in [-0.1, -0.05) is 69.3 Å². The van der Waals surface area contributed by atoms with Crippen LogP contribution in [0.4, 0.5) is 0 Å². The predicted octanol–water partition coefficient (Wildman–Crippen LogP) is 5.47. The van der Waals surface area contributed by atoms with Crippen molar-refractivity contribution in [2.75, 3.05) is 19.8 Å². The fourth-order valence-corrected chi connectivity index (χ4v) is 3.69. The number of hydrogen-bond acceptors (Lipinski definition) is 3. The minimum absolute atomic E-state index is 0.000916. The van der Waals surface area contributed by atoms with Crippen LogP contribution in [-0.2, 0) is 10.2 Å². The van der Waals surface area contributed by atoms with Gasteiger partial charge in [-0.05, 0) is 49.8 Å². The van der Waals surface area contributed by atoms with Crippen molar-refractivity contribution in [2.45, 2.75) is 26.2 Å². The number of rotatable bonds is 7. The third-order valence-electron chi connectivity index (χ3n) is 4.56. The Morgan fingerprint density at radius 2 is 1.66 bits per heavy atom. The molecule has 0 radical (unpaired) electrons. The number of nitrogens with one attached hydrogen (secondary N) is 1. The predicted molar refractivity (Wildman–Crippen MR) is 121 cm³/mol. The van der Waals surface area contributed by atoms with Crippen molar-refractivity contribution in [3.63, 3.8) is 0 Å². The Morgan fingerprint density at radius 3 is 2.45 bits per heavy atom. The van der Waals surface area contributed by atoms with Crippen LogP contribution in [0.25, 0.3) is 10.8 Å². The average Bonchev–Trinajstić information content (AvgIpc) is 2.70. The summed E-state index contributed by atoms with van der Waals surface area (Å²) in [6.07, 6.45) is 0. The molecule has 3 aromatic rings. The van der Waals surface area contributed by atoms with Gasteiger partial charge in [0.25, 0.3) is 5.91 Å². The molecule has 4 nitrogen and oxygen atoms in total. The van der Waals surface area contributed by atoms with Crippen molar-refractivity contribution in [2.24, 2.45) is 0 Å². The van der Waals surface area contributed by atoms with Crippen molar-refractivity contribution < 1.29 is 14.3 Å². The molecule has 0 aromatic heterocycles. The van der Waals surface area contributed by atoms with Crippen LogP contribution in [0.2, 0.25) is 0 Å². The van der Waals surface area contributed by atoms with Crippen LogP contribution >= 0.6 is 15.9 Å². The highest BCUT2D eigenvalue weighted by molar-refractivity contribution is 9.10. The number of para-hydroxylation sites is 1. The van der Waals surface area contributed by atoms with Crippen LogP contribution in [0.1, 0.15) is 26.3 Å². The van der Waals surface area contributed by atoms with Crippen molar-refractivity contribution in [3.05, 3.63) is 70.7 Å². The van der Waals surface area contributed by atoms with Crippen LogP contribution in [0.3, 0.4) is 0 Å². The number of hydrogen-bond donors (Lipinski definition) is 1. The molecule has 29 heavy (non-hydrogen) atoms. The summed E-state index contributed by atoms with van der Waals surface area (Å²) in [5.41, 5.74) is 1.15. The molecule has 0 saturated carbocycles. The van der Waals surface area contributed by atoms with Gasteiger partial charge in [-0.2, -0.15) is 0 Å². The Balaban J connectivity index is 1.47. The van der Waals surface area contributed by atoms with E-state index < -0.39 is 0 Å². The summed E-state index contributed by atoms with van der Waals surface area (Å²) in [4.78, 5) is 12.1. The molecule has 0 aliphatic carbocycles. The zero-order valence-corrected chi connectivity index (χ0v) is 18.6. The van der Waals surface area contributed by atoms with Crippen LogP contribution in [0, 0.1) is 0 Å². The molecule has 0 aliphatic rings. The zero-order valence-electron chi connectivity index (χ0n) is 17.0. The first-order valence-corrected chi connectivity index (χ1v) is 10.4. The van der Waals surface area contributed by atoms with Gasteiger partial charge in [-0.15, -0.1) is 0 Å². The lowest BCUT2D eigenvalue weighted by atomic mass is 9.86. The summed E-state index contributed by atoms with van der Waals surface area (Å²) < 4.78 is 12.4. The van der Waals surface area contributed by atoms with Gasteiger partial charge in [-0.25, -0.2) is 0 Å². The summed E-state index contributed by atoms with van der Waals surface area (Å²) in [6, 6.07) is 19.9. The molecule has 0 spiro atoms. The summed E-state index contributed by atoms with van der Waals surface area (Å²) in [7, 11) is 0. The monoisotopic (exact) mass is 455 g/mol. The summed E-state index contributed by atoms with van der Waals surface area (Å²) >= 11 is 3.57. The van der Waals surface area contributed by atoms with Crippen molar-refractivity contribution in [1.29, 1.82) is 0 Å². The molecule has 1 N–H and O–H groups in total. The Hall–Kier alpha value is -2.53. The van der Waals surface area contributed by atoms with E-state index in [1.807, 2.05) is 54.6 Å². The Kier molecular flexibility index (Phi) is 6.80. The van der Waals surface area contributed by atoms with Gasteiger partial charge >= 0.3 is 0 Å². The fraction of sp³-hybridized carbons (Fsp3) is 0.292. The van der Waals surface area contributed by atoms with E-state index in [-0.39, 0.29) is 17.9 Å². The van der Waals surface area contributed by atoms with Gasteiger partial charge in [0, 0.05) is 0 Å². The third kappa shape index (κ3) is 5.51. The van der Waals surface area contributed by atoms with E-state index in [2.05, 4.69) is 48.1 Å². The minimum Gasteiger partial charge on any atom is -0.491 e. The molecular weight excluding hydrogens is 430 g/mol. The fourth-order valence-electron chi connectivity index (χ4n) is 3.08. The quantitative estimate of drug-likeness (QED) is 0.480. The number of carbonyl (C=O) groups excluding carboxylic acids is 1. The second-order valence-corrected chi connectivity index (χ2v) is 8.63. The Bertz CT molecular complexity index is 995. The van der Waals surface area contributed by atoms with E-state index in [0.29, 0.717) is 18.9 Å². The molecule has 3 rings (SSSR count). The average molecular weight is 456 g/mol. The van der Waals surface area contributed by atoms with Gasteiger partial charge in [0.1, 0.15) is 18.1 Å². The number of benzene rings is 3. The molecule has 0 unspecified atom stereocenters. The van der Waals surface area contributed by atoms with Crippen molar-refractivity contribution in [1.82, 2.24) is 5.32 Å². The van der Waals surface area contributed by atoms with Crippen molar-refractivity contribution in [3.8, 4) is 11.5 Å². The van der Waals surface area contributed by atoms with Crippen LogP contribution in [-0.4, -0.2) is 25.7 Å². The zero-order chi connectivity index (χ0) is 20.9. The molecule has 0 atom stereocenters. The first-order valence-electron chi connectivity index (χ1n) is 9.65. The van der Waals surface area contributed by atoms with Gasteiger partial charge in [-0.3, -0.25) is 4.79 Å². The van der Waals surface area contributed by atoms with Crippen LogP contribution < -0.4 is 14.8 Å². The highest BCUT2D eigenvalue weighted by atomic mass is 79.9. The SMILES string of the molecule is CC(C)(C)c1ccccc1OCCNC(=O)COc1ccc2ccccc2c1Br. The molecule has 5 heteroatoms. The maximum absolute atomic E-state index is 12.1. The number of amides is 1. The summed E-state index contributed by atoms with van der Waals surface area (Å²) in [5, 5.41) is 5.00. The number of halogens is 1. The smallest absolute Gasteiger partial charge is 0.258 e. The second kappa shape index (κ2) is 9.31. The standard InChI is InChI=1S/C24H26BrNO3/c1-24(2,3)19-10-6-7-11-20(19)28-15-14-26-22(27)16-29-21-13-12-17-8-4-5-9-18(17)23(21)25/h4-13H,14-16H2,1-3H3,(H,26,27). The molecule has 0 fully saturated rings. The summed E-state index contributed by atoms with van der Waals surface area (Å²) in [6.45, 7) is 7.23. The molecular formula is C24H26BrNO3. The van der Waals surface area contributed by atoms with Gasteiger partial charge in [0.15, 0.2) is 6.61 Å². The first-order chi connectivity index (χ1) is 13.9. The molecule has 0 bridgehead atoms. The normalized spacial score (nSPS) is 11.3. The number of ether oxygens (including phenoxy) is 2. The molecule has 1 amide bonds. The molecule has 0 aliphatic heterocycles. The van der Waals surface area contributed by atoms with Crippen LogP contribution in [0.15, 0.2) is 65.1 Å². The maximum Gasteiger partial charge on any atom is 0.258 e. The molecule has 0 heterocycles. The topological polar surface area (TPSA) is 47.6 Å². The lowest BCUT2D eigenvalue weighted by Gasteiger charge is -2.22. The van der Waals surface area contributed by atoms with E-state index in [1.54, 1.807) is 0 Å². The number of carbonyl (C=O) groups is 1. The van der Waals surface area contributed by atoms with Crippen LogP contribution in [0.5, 0.6) is 11.5 Å². The minimum atomic E-state index is -0.183. The van der Waals surface area contributed by atoms with E-state index in [0.717, 1.165) is 26.6 Å². The lowest BCUT2D eigenvalue weighted by Crippen LogP contribution is -2.32. The maximum atomic E-state index is 12.1. The third-order valence-corrected chi connectivity index (χ3v) is 5.38. The lowest BCUT2D eigenvalue weighted by molar-refractivity contribution is -0.123. The highest BCUT2D eigenvalue weighted by Crippen LogP contribution is 2.33. The van der Waals surface area contributed by atoms with Gasteiger partial charge < -0.3 is 14.8 Å². The van der Waals surface area contributed by atoms with Gasteiger partial charge in [0.05, 0.1) is 11.0 Å². The van der Waals surface area contributed by atoms with Crippen molar-refractivity contribution >= 4 is 32.6 Å². The largest absolute Gasteiger partial charge is 0.491 e. The van der Waals surface area contributed by atoms with E-state index in [9.17, 15) is 4.79 Å². The van der Waals surface area contributed by atoms with E-state index in [4.69, 9.17) is 9.47 Å². The van der Waals surface area contributed by atoms with E-state index in [1.165, 1.54) is 0 Å². The second-order valence-electron chi connectivity index (χ2n) is 7.83. The first kappa shape index (κ1) is 21.2.